The van der Waals surface area contributed by atoms with Crippen molar-refractivity contribution in [2.75, 3.05) is 19.7 Å². The van der Waals surface area contributed by atoms with Gasteiger partial charge in [0.15, 0.2) is 5.78 Å². The SMILES string of the molecule is CC(C(=O)c1ccc(F)cc1)N1CCC(CO)C1. The van der Waals surface area contributed by atoms with Gasteiger partial charge in [-0.25, -0.2) is 4.39 Å². The van der Waals surface area contributed by atoms with Gasteiger partial charge in [-0.1, -0.05) is 0 Å². The molecule has 3 nitrogen and oxygen atoms in total. The fourth-order valence-corrected chi connectivity index (χ4v) is 2.38. The minimum absolute atomic E-state index is 0.00795. The van der Waals surface area contributed by atoms with Gasteiger partial charge in [0.2, 0.25) is 0 Å². The van der Waals surface area contributed by atoms with Crippen molar-refractivity contribution in [1.29, 1.82) is 0 Å². The molecule has 0 amide bonds. The average Bonchev–Trinajstić information content (AvgIpc) is 2.86. The summed E-state index contributed by atoms with van der Waals surface area (Å²) in [4.78, 5) is 14.3. The summed E-state index contributed by atoms with van der Waals surface area (Å²) >= 11 is 0. The molecule has 0 radical (unpaired) electrons. The highest BCUT2D eigenvalue weighted by Crippen LogP contribution is 2.20. The molecule has 1 aromatic carbocycles. The molecule has 0 bridgehead atoms. The van der Waals surface area contributed by atoms with Gasteiger partial charge in [-0.2, -0.15) is 0 Å². The third kappa shape index (κ3) is 2.76. The van der Waals surface area contributed by atoms with Crippen molar-refractivity contribution in [2.24, 2.45) is 5.92 Å². The van der Waals surface area contributed by atoms with Crippen molar-refractivity contribution in [3.63, 3.8) is 0 Å². The zero-order valence-corrected chi connectivity index (χ0v) is 10.5. The number of aliphatic hydroxyl groups excluding tert-OH is 1. The highest BCUT2D eigenvalue weighted by atomic mass is 19.1. The molecule has 1 heterocycles. The van der Waals surface area contributed by atoms with Crippen LogP contribution in [0.15, 0.2) is 24.3 Å². The van der Waals surface area contributed by atoms with Gasteiger partial charge >= 0.3 is 0 Å². The predicted octanol–water partition coefficient (Wildman–Crippen LogP) is 1.71. The van der Waals surface area contributed by atoms with Crippen LogP contribution in [0.25, 0.3) is 0 Å². The van der Waals surface area contributed by atoms with Crippen LogP contribution < -0.4 is 0 Å². The van der Waals surface area contributed by atoms with Crippen LogP contribution in [-0.2, 0) is 0 Å². The second-order valence-corrected chi connectivity index (χ2v) is 4.88. The normalized spacial score (nSPS) is 22.1. The number of benzene rings is 1. The second-order valence-electron chi connectivity index (χ2n) is 4.88. The lowest BCUT2D eigenvalue weighted by Gasteiger charge is -2.23. The summed E-state index contributed by atoms with van der Waals surface area (Å²) < 4.78 is 12.8. The molecule has 2 unspecified atom stereocenters. The number of nitrogens with zero attached hydrogens (tertiary/aromatic N) is 1. The Hall–Kier alpha value is -1.26. The molecule has 0 spiro atoms. The van der Waals surface area contributed by atoms with Gasteiger partial charge < -0.3 is 5.11 Å². The fourth-order valence-electron chi connectivity index (χ4n) is 2.38. The van der Waals surface area contributed by atoms with Crippen LogP contribution in [0.1, 0.15) is 23.7 Å². The quantitative estimate of drug-likeness (QED) is 0.828. The van der Waals surface area contributed by atoms with Gasteiger partial charge in [-0.15, -0.1) is 0 Å². The second kappa shape index (κ2) is 5.59. The Morgan fingerprint density at radius 1 is 1.50 bits per heavy atom. The first kappa shape index (κ1) is 13.2. The van der Waals surface area contributed by atoms with Gasteiger partial charge in [0, 0.05) is 18.7 Å². The first-order valence-corrected chi connectivity index (χ1v) is 6.26. The summed E-state index contributed by atoms with van der Waals surface area (Å²) in [6.07, 6.45) is 0.928. The Kier molecular flexibility index (Phi) is 4.09. The molecule has 0 saturated carbocycles. The number of halogens is 1. The van der Waals surface area contributed by atoms with Crippen LogP contribution in [0, 0.1) is 11.7 Å². The maximum Gasteiger partial charge on any atom is 0.179 e. The number of carbonyl (C=O) groups excluding carboxylic acids is 1. The van der Waals surface area contributed by atoms with Crippen LogP contribution in [0.4, 0.5) is 4.39 Å². The first-order valence-electron chi connectivity index (χ1n) is 6.26. The number of rotatable bonds is 4. The molecule has 1 aliphatic heterocycles. The van der Waals surface area contributed by atoms with E-state index >= 15 is 0 Å². The predicted molar refractivity (Wildman–Crippen MR) is 67.0 cm³/mol. The molecule has 4 heteroatoms. The summed E-state index contributed by atoms with van der Waals surface area (Å²) in [5, 5.41) is 9.10. The molecule has 2 atom stereocenters. The number of hydrogen-bond acceptors (Lipinski definition) is 3. The number of aliphatic hydroxyl groups is 1. The van der Waals surface area contributed by atoms with E-state index in [2.05, 4.69) is 4.90 Å². The van der Waals surface area contributed by atoms with Gasteiger partial charge in [-0.3, -0.25) is 9.69 Å². The van der Waals surface area contributed by atoms with Crippen LogP contribution in [-0.4, -0.2) is 41.5 Å². The van der Waals surface area contributed by atoms with E-state index in [0.29, 0.717) is 5.56 Å². The van der Waals surface area contributed by atoms with Crippen molar-refractivity contribution in [2.45, 2.75) is 19.4 Å². The van der Waals surface area contributed by atoms with E-state index in [1.807, 2.05) is 6.92 Å². The summed E-state index contributed by atoms with van der Waals surface area (Å²) in [6, 6.07) is 5.44. The summed E-state index contributed by atoms with van der Waals surface area (Å²) in [5.74, 6) is -0.0530. The first-order chi connectivity index (χ1) is 8.61. The van der Waals surface area contributed by atoms with Crippen molar-refractivity contribution in [3.8, 4) is 0 Å². The van der Waals surface area contributed by atoms with Crippen molar-refractivity contribution in [1.82, 2.24) is 4.90 Å². The summed E-state index contributed by atoms with van der Waals surface area (Å²) in [7, 11) is 0. The van der Waals surface area contributed by atoms with Crippen LogP contribution in [0.2, 0.25) is 0 Å². The molecule has 1 fully saturated rings. The number of carbonyl (C=O) groups is 1. The van der Waals surface area contributed by atoms with Crippen LogP contribution in [0.3, 0.4) is 0 Å². The Morgan fingerprint density at radius 3 is 2.72 bits per heavy atom. The standard InChI is InChI=1S/C14H18FNO2/c1-10(16-7-6-11(8-16)9-17)14(18)12-2-4-13(15)5-3-12/h2-5,10-11,17H,6-9H2,1H3. The molecule has 1 aliphatic rings. The fraction of sp³-hybridized carbons (Fsp3) is 0.500. The zero-order chi connectivity index (χ0) is 13.1. The van der Waals surface area contributed by atoms with E-state index in [1.54, 1.807) is 0 Å². The van der Waals surface area contributed by atoms with Gasteiger partial charge in [0.05, 0.1) is 6.04 Å². The van der Waals surface area contributed by atoms with Crippen LogP contribution in [0.5, 0.6) is 0 Å². The lowest BCUT2D eigenvalue weighted by Crippen LogP contribution is -2.37. The monoisotopic (exact) mass is 251 g/mol. The molecule has 18 heavy (non-hydrogen) atoms. The highest BCUT2D eigenvalue weighted by Gasteiger charge is 2.29. The van der Waals surface area contributed by atoms with Gasteiger partial charge in [0.1, 0.15) is 5.82 Å². The Labute approximate surface area is 106 Å². The molecule has 1 saturated heterocycles. The molecule has 2 rings (SSSR count). The van der Waals surface area contributed by atoms with Crippen molar-refractivity contribution in [3.05, 3.63) is 35.6 Å². The van der Waals surface area contributed by atoms with E-state index < -0.39 is 0 Å². The highest BCUT2D eigenvalue weighted by molar-refractivity contribution is 5.99. The topological polar surface area (TPSA) is 40.5 Å². The summed E-state index contributed by atoms with van der Waals surface area (Å²) in [6.45, 7) is 3.63. The minimum atomic E-state index is -0.333. The molecular weight excluding hydrogens is 233 g/mol. The number of Topliss-reactive ketones (excluding diaryl/α,β-unsaturated/α-hetero) is 1. The van der Waals surface area contributed by atoms with E-state index in [4.69, 9.17) is 5.11 Å². The smallest absolute Gasteiger partial charge is 0.179 e. The maximum absolute atomic E-state index is 12.8. The van der Waals surface area contributed by atoms with Crippen molar-refractivity contribution >= 4 is 5.78 Å². The number of ketones is 1. The summed E-state index contributed by atoms with van der Waals surface area (Å²) in [5.41, 5.74) is 0.538. The van der Waals surface area contributed by atoms with E-state index in [1.165, 1.54) is 24.3 Å². The van der Waals surface area contributed by atoms with Crippen molar-refractivity contribution < 1.29 is 14.3 Å². The number of hydrogen-bond donors (Lipinski definition) is 1. The van der Waals surface area contributed by atoms with Gasteiger partial charge in [0.25, 0.3) is 0 Å². The molecular formula is C14H18FNO2. The largest absolute Gasteiger partial charge is 0.396 e. The number of likely N-dealkylation sites (tertiary alicyclic amines) is 1. The van der Waals surface area contributed by atoms with E-state index in [9.17, 15) is 9.18 Å². The Bertz CT molecular complexity index is 418. The average molecular weight is 251 g/mol. The Morgan fingerprint density at radius 2 is 2.17 bits per heavy atom. The zero-order valence-electron chi connectivity index (χ0n) is 10.5. The third-order valence-corrected chi connectivity index (χ3v) is 3.63. The lowest BCUT2D eigenvalue weighted by molar-refractivity contribution is 0.0857. The van der Waals surface area contributed by atoms with E-state index in [0.717, 1.165) is 19.5 Å². The molecule has 0 aromatic heterocycles. The minimum Gasteiger partial charge on any atom is -0.396 e. The molecule has 0 aliphatic carbocycles. The third-order valence-electron chi connectivity index (χ3n) is 3.63. The molecule has 1 N–H and O–H groups in total. The van der Waals surface area contributed by atoms with E-state index in [-0.39, 0.29) is 30.2 Å². The molecule has 98 valence electrons. The lowest BCUT2D eigenvalue weighted by atomic mass is 10.0. The van der Waals surface area contributed by atoms with Gasteiger partial charge in [-0.05, 0) is 50.1 Å². The van der Waals surface area contributed by atoms with Crippen LogP contribution >= 0.6 is 0 Å². The maximum atomic E-state index is 12.8. The Balaban J connectivity index is 2.03. The molecule has 1 aromatic rings.